The Morgan fingerprint density at radius 3 is 2.23 bits per heavy atom. The number of β-amino-alcohol motifs (C(OH)–C–C–N with tert-alkyl or cyclic N) is 1. The zero-order valence-corrected chi connectivity index (χ0v) is 22.4. The second-order valence-corrected chi connectivity index (χ2v) is 12.0. The lowest BCUT2D eigenvalue weighted by atomic mass is 9.52. The van der Waals surface area contributed by atoms with Crippen molar-refractivity contribution >= 4 is 28.3 Å². The van der Waals surface area contributed by atoms with Gasteiger partial charge in [0.2, 0.25) is 5.91 Å². The number of benzene rings is 3. The molecule has 6 nitrogen and oxygen atoms in total. The lowest BCUT2D eigenvalue weighted by molar-refractivity contribution is -0.126. The fourth-order valence-electron chi connectivity index (χ4n) is 6.79. The van der Waals surface area contributed by atoms with Crippen LogP contribution in [0.1, 0.15) is 64.2 Å². The molecule has 3 aliphatic carbocycles. The van der Waals surface area contributed by atoms with Gasteiger partial charge in [0.1, 0.15) is 0 Å². The van der Waals surface area contributed by atoms with Gasteiger partial charge in [-0.25, -0.2) is 4.98 Å². The number of carbonyl (C=O) groups is 2. The third kappa shape index (κ3) is 3.91. The molecule has 1 saturated heterocycles. The third-order valence-corrected chi connectivity index (χ3v) is 9.51. The quantitative estimate of drug-likeness (QED) is 0.354. The van der Waals surface area contributed by atoms with Gasteiger partial charge >= 0.3 is 0 Å². The molecule has 1 fully saturated rings. The number of amides is 2. The second-order valence-electron chi connectivity index (χ2n) is 11.1. The molecule has 196 valence electrons. The van der Waals surface area contributed by atoms with Crippen LogP contribution < -0.4 is 5.32 Å². The molecule has 4 aromatic rings. The molecule has 4 aliphatic rings. The van der Waals surface area contributed by atoms with Gasteiger partial charge in [0.05, 0.1) is 17.2 Å². The minimum atomic E-state index is -0.593. The van der Waals surface area contributed by atoms with Gasteiger partial charge in [0, 0.05) is 41.4 Å². The molecule has 2 atom stereocenters. The summed E-state index contributed by atoms with van der Waals surface area (Å²) in [6.07, 6.45) is 0.947. The van der Waals surface area contributed by atoms with Crippen molar-refractivity contribution in [1.82, 2.24) is 9.88 Å². The van der Waals surface area contributed by atoms with Gasteiger partial charge < -0.3 is 15.3 Å². The van der Waals surface area contributed by atoms with E-state index in [0.717, 1.165) is 17.7 Å². The Hall–Kier alpha value is -3.81. The number of aromatic nitrogens is 1. The highest BCUT2D eigenvalue weighted by Gasteiger charge is 2.54. The Morgan fingerprint density at radius 2 is 1.62 bits per heavy atom. The van der Waals surface area contributed by atoms with Crippen molar-refractivity contribution < 1.29 is 14.7 Å². The summed E-state index contributed by atoms with van der Waals surface area (Å²) in [5, 5.41) is 15.4. The summed E-state index contributed by atoms with van der Waals surface area (Å²) in [6.45, 7) is 3.05. The van der Waals surface area contributed by atoms with Crippen molar-refractivity contribution in [1.29, 1.82) is 0 Å². The summed E-state index contributed by atoms with van der Waals surface area (Å²) < 4.78 is 0. The first-order chi connectivity index (χ1) is 18.9. The van der Waals surface area contributed by atoms with Gasteiger partial charge in [-0.3, -0.25) is 9.59 Å². The maximum atomic E-state index is 13.9. The van der Waals surface area contributed by atoms with Crippen LogP contribution in [-0.4, -0.2) is 46.0 Å². The van der Waals surface area contributed by atoms with Crippen molar-refractivity contribution in [2.24, 2.45) is 5.41 Å². The molecule has 2 bridgehead atoms. The van der Waals surface area contributed by atoms with E-state index in [1.54, 1.807) is 17.0 Å². The molecule has 0 radical (unpaired) electrons. The van der Waals surface area contributed by atoms with Crippen LogP contribution >= 0.6 is 11.3 Å². The largest absolute Gasteiger partial charge is 0.391 e. The minimum absolute atomic E-state index is 0.00356. The van der Waals surface area contributed by atoms with Gasteiger partial charge in [0.25, 0.3) is 5.91 Å². The molecular formula is C32H29N3O3S. The highest BCUT2D eigenvalue weighted by molar-refractivity contribution is 7.14. The number of likely N-dealkylation sites (tertiary alicyclic amines) is 1. The first-order valence-corrected chi connectivity index (χ1v) is 14.3. The fourth-order valence-corrected chi connectivity index (χ4v) is 7.50. The van der Waals surface area contributed by atoms with Crippen LogP contribution in [0.15, 0.2) is 78.2 Å². The molecule has 2 heterocycles. The van der Waals surface area contributed by atoms with Crippen LogP contribution in [0.2, 0.25) is 0 Å². The predicted molar refractivity (Wildman–Crippen MR) is 152 cm³/mol. The highest BCUT2D eigenvalue weighted by Crippen LogP contribution is 2.61. The summed E-state index contributed by atoms with van der Waals surface area (Å²) in [4.78, 5) is 33.0. The molecule has 2 N–H and O–H groups in total. The number of carbonyl (C=O) groups excluding carboxylic acids is 2. The SMILES string of the molecule is CC1(C(=O)Nc2nc(-c3ccc(C(=O)N4CCC(O)C4)cc3)cs2)CC2c3ccccc3C1c1ccccc12. The lowest BCUT2D eigenvalue weighted by Crippen LogP contribution is -2.47. The molecule has 39 heavy (non-hydrogen) atoms. The highest BCUT2D eigenvalue weighted by atomic mass is 32.1. The summed E-state index contributed by atoms with van der Waals surface area (Å²) in [5.41, 5.74) is 6.83. The molecular weight excluding hydrogens is 506 g/mol. The predicted octanol–water partition coefficient (Wildman–Crippen LogP) is 5.64. The number of nitrogens with one attached hydrogen (secondary N) is 1. The standard InChI is InChI=1S/C32H29N3O3S/c1-32(16-26-22-6-2-4-8-24(22)28(32)25-9-5-3-7-23(25)26)30(38)34-31-33-27(18-39-31)19-10-12-20(13-11-19)29(37)35-15-14-21(36)17-35/h2-13,18,21,26,28,36H,14-17H2,1H3,(H,33,34,38). The average molecular weight is 536 g/mol. The van der Waals surface area contributed by atoms with Crippen LogP contribution in [0.4, 0.5) is 5.13 Å². The number of anilines is 1. The number of aliphatic hydroxyl groups excluding tert-OH is 1. The summed E-state index contributed by atoms with van der Waals surface area (Å²) in [7, 11) is 0. The number of hydrogen-bond donors (Lipinski definition) is 2. The van der Waals surface area contributed by atoms with E-state index in [2.05, 4.69) is 60.8 Å². The van der Waals surface area contributed by atoms with E-state index in [9.17, 15) is 14.7 Å². The zero-order chi connectivity index (χ0) is 26.7. The monoisotopic (exact) mass is 535 g/mol. The number of nitrogens with zero attached hydrogens (tertiary/aromatic N) is 2. The van der Waals surface area contributed by atoms with Crippen molar-refractivity contribution in [3.8, 4) is 11.3 Å². The normalized spacial score (nSPS) is 24.8. The Bertz CT molecular complexity index is 1550. The van der Waals surface area contributed by atoms with Crippen LogP contribution in [-0.2, 0) is 4.79 Å². The Balaban J connectivity index is 1.11. The number of aliphatic hydroxyl groups is 1. The molecule has 0 spiro atoms. The van der Waals surface area contributed by atoms with Crippen LogP contribution in [0, 0.1) is 5.41 Å². The topological polar surface area (TPSA) is 82.5 Å². The van der Waals surface area contributed by atoms with Crippen molar-refractivity contribution in [3.63, 3.8) is 0 Å². The average Bonchev–Trinajstić information content (AvgIpc) is 3.62. The van der Waals surface area contributed by atoms with Gasteiger partial charge in [-0.1, -0.05) is 60.7 Å². The zero-order valence-electron chi connectivity index (χ0n) is 21.6. The molecule has 1 aliphatic heterocycles. The molecule has 7 heteroatoms. The molecule has 3 aromatic carbocycles. The van der Waals surface area contributed by atoms with E-state index in [-0.39, 0.29) is 23.7 Å². The van der Waals surface area contributed by atoms with Crippen LogP contribution in [0.25, 0.3) is 11.3 Å². The number of hydrogen-bond acceptors (Lipinski definition) is 5. The number of rotatable bonds is 4. The molecule has 2 unspecified atom stereocenters. The van der Waals surface area contributed by atoms with Gasteiger partial charge in [-0.05, 0) is 54.2 Å². The number of thiazole rings is 1. The molecule has 2 amide bonds. The first-order valence-electron chi connectivity index (χ1n) is 13.4. The van der Waals surface area contributed by atoms with Crippen LogP contribution in [0.3, 0.4) is 0 Å². The minimum Gasteiger partial charge on any atom is -0.391 e. The van der Waals surface area contributed by atoms with E-state index in [1.807, 2.05) is 17.5 Å². The van der Waals surface area contributed by atoms with Crippen LogP contribution in [0.5, 0.6) is 0 Å². The first kappa shape index (κ1) is 24.2. The van der Waals surface area contributed by atoms with Gasteiger partial charge in [-0.15, -0.1) is 11.3 Å². The Morgan fingerprint density at radius 1 is 0.974 bits per heavy atom. The van der Waals surface area contributed by atoms with Gasteiger partial charge in [-0.2, -0.15) is 0 Å². The molecule has 1 aromatic heterocycles. The maximum absolute atomic E-state index is 13.9. The van der Waals surface area contributed by atoms with Crippen molar-refractivity contribution in [2.45, 2.75) is 37.7 Å². The van der Waals surface area contributed by atoms with E-state index in [0.29, 0.717) is 30.2 Å². The van der Waals surface area contributed by atoms with E-state index in [1.165, 1.54) is 33.6 Å². The number of fused-ring (bicyclic) bond motifs is 1. The van der Waals surface area contributed by atoms with Gasteiger partial charge in [0.15, 0.2) is 5.13 Å². The molecule has 0 saturated carbocycles. The summed E-state index contributed by atoms with van der Waals surface area (Å²) >= 11 is 1.41. The van der Waals surface area contributed by atoms with E-state index < -0.39 is 11.5 Å². The van der Waals surface area contributed by atoms with E-state index >= 15 is 0 Å². The maximum Gasteiger partial charge on any atom is 0.253 e. The summed E-state index contributed by atoms with van der Waals surface area (Å²) in [6, 6.07) is 24.5. The van der Waals surface area contributed by atoms with E-state index in [4.69, 9.17) is 4.98 Å². The molecule has 8 rings (SSSR count). The van der Waals surface area contributed by atoms with Crippen molar-refractivity contribution in [2.75, 3.05) is 18.4 Å². The summed E-state index contributed by atoms with van der Waals surface area (Å²) in [5.74, 6) is 0.129. The third-order valence-electron chi connectivity index (χ3n) is 8.75. The Kier molecular flexibility index (Phi) is 5.68. The smallest absolute Gasteiger partial charge is 0.253 e. The lowest BCUT2D eigenvalue weighted by Gasteiger charge is -2.50. The second kappa shape index (κ2) is 9.14. The Labute approximate surface area is 231 Å². The fraction of sp³-hybridized carbons (Fsp3) is 0.281. The van der Waals surface area contributed by atoms with Crippen molar-refractivity contribution in [3.05, 3.63) is 106 Å².